The number of nitrogens with one attached hydrogen (secondary N) is 2. The highest BCUT2D eigenvalue weighted by atomic mass is 127. The second-order valence-corrected chi connectivity index (χ2v) is 6.54. The van der Waals surface area contributed by atoms with Crippen molar-refractivity contribution in [3.63, 3.8) is 0 Å². The first-order chi connectivity index (χ1) is 12.1. The van der Waals surface area contributed by atoms with Crippen LogP contribution in [0.4, 0.5) is 13.2 Å². The van der Waals surface area contributed by atoms with Crippen molar-refractivity contribution in [3.8, 4) is 0 Å². The van der Waals surface area contributed by atoms with Gasteiger partial charge in [0.05, 0.1) is 12.1 Å². The zero-order valence-corrected chi connectivity index (χ0v) is 18.0. The number of alkyl halides is 3. The van der Waals surface area contributed by atoms with Crippen molar-refractivity contribution in [2.75, 3.05) is 13.6 Å². The lowest BCUT2D eigenvalue weighted by atomic mass is 9.84. The van der Waals surface area contributed by atoms with Crippen molar-refractivity contribution in [1.29, 1.82) is 0 Å². The number of aryl methyl sites for hydroxylation is 1. The summed E-state index contributed by atoms with van der Waals surface area (Å²) < 4.78 is 40.4. The maximum absolute atomic E-state index is 12.9. The molecule has 0 spiro atoms. The Morgan fingerprint density at radius 2 is 1.85 bits per heavy atom. The quantitative estimate of drug-likeness (QED) is 0.380. The Balaban J connectivity index is 0.00000364. The molecule has 0 saturated carbocycles. The molecule has 0 atom stereocenters. The van der Waals surface area contributed by atoms with Crippen LogP contribution >= 0.6 is 24.0 Å². The molecule has 0 unspecified atom stereocenters. The van der Waals surface area contributed by atoms with E-state index in [1.54, 1.807) is 24.8 Å². The van der Waals surface area contributed by atoms with Gasteiger partial charge in [0.25, 0.3) is 0 Å². The molecule has 0 fully saturated rings. The molecule has 1 heterocycles. The van der Waals surface area contributed by atoms with Crippen LogP contribution in [-0.2, 0) is 25.2 Å². The normalized spacial score (nSPS) is 12.5. The topological polar surface area (TPSA) is 67.1 Å². The molecule has 2 rings (SSSR count). The van der Waals surface area contributed by atoms with E-state index in [1.165, 1.54) is 18.5 Å². The molecule has 27 heavy (non-hydrogen) atoms. The van der Waals surface area contributed by atoms with Crippen molar-refractivity contribution < 1.29 is 13.2 Å². The van der Waals surface area contributed by atoms with Crippen LogP contribution in [0.3, 0.4) is 0 Å². The smallest absolute Gasteiger partial charge is 0.356 e. The van der Waals surface area contributed by atoms with Gasteiger partial charge in [-0.1, -0.05) is 32.0 Å². The van der Waals surface area contributed by atoms with Crippen molar-refractivity contribution in [3.05, 3.63) is 47.5 Å². The maximum atomic E-state index is 12.9. The number of guanidine groups is 1. The van der Waals surface area contributed by atoms with Crippen LogP contribution in [-0.4, -0.2) is 34.3 Å². The summed E-state index contributed by atoms with van der Waals surface area (Å²) in [5.41, 5.74) is -0.569. The number of nitrogens with zero attached hydrogens (tertiary/aromatic N) is 4. The zero-order valence-electron chi connectivity index (χ0n) is 15.6. The summed E-state index contributed by atoms with van der Waals surface area (Å²) in [6, 6.07) is 5.40. The molecule has 150 valence electrons. The number of rotatable bonds is 5. The highest BCUT2D eigenvalue weighted by Crippen LogP contribution is 2.32. The van der Waals surface area contributed by atoms with Crippen LogP contribution in [0.15, 0.2) is 35.6 Å². The Bertz CT molecular complexity index is 770. The van der Waals surface area contributed by atoms with Gasteiger partial charge in [0.2, 0.25) is 0 Å². The minimum absolute atomic E-state index is 0. The average Bonchev–Trinajstić information content (AvgIpc) is 2.99. The molecule has 2 aromatic rings. The summed E-state index contributed by atoms with van der Waals surface area (Å²) in [5, 5.41) is 10.2. The van der Waals surface area contributed by atoms with E-state index in [2.05, 4.69) is 25.7 Å². The molecule has 0 radical (unpaired) electrons. The maximum Gasteiger partial charge on any atom is 0.416 e. The van der Waals surface area contributed by atoms with E-state index >= 15 is 0 Å². The molecule has 1 aromatic carbocycles. The van der Waals surface area contributed by atoms with E-state index in [1.807, 2.05) is 13.8 Å². The number of benzene rings is 1. The van der Waals surface area contributed by atoms with Crippen molar-refractivity contribution in [1.82, 2.24) is 25.4 Å². The Labute approximate surface area is 173 Å². The largest absolute Gasteiger partial charge is 0.416 e. The van der Waals surface area contributed by atoms with Gasteiger partial charge in [-0.05, 0) is 11.6 Å². The van der Waals surface area contributed by atoms with Gasteiger partial charge in [-0.25, -0.2) is 4.98 Å². The summed E-state index contributed by atoms with van der Waals surface area (Å²) in [6.07, 6.45) is -2.89. The van der Waals surface area contributed by atoms with Crippen molar-refractivity contribution in [2.45, 2.75) is 32.0 Å². The molecule has 2 N–H and O–H groups in total. The number of aromatic nitrogens is 3. The lowest BCUT2D eigenvalue weighted by Crippen LogP contribution is -2.43. The van der Waals surface area contributed by atoms with Gasteiger partial charge >= 0.3 is 6.18 Å². The number of hydrogen-bond acceptors (Lipinski definition) is 3. The Hall–Kier alpha value is -1.85. The minimum Gasteiger partial charge on any atom is -0.356 e. The molecular formula is C17H24F3IN6. The summed E-state index contributed by atoms with van der Waals surface area (Å²) in [5.74, 6) is 1.28. The van der Waals surface area contributed by atoms with Crippen LogP contribution in [0.5, 0.6) is 0 Å². The molecule has 0 aliphatic carbocycles. The highest BCUT2D eigenvalue weighted by Gasteiger charge is 2.32. The van der Waals surface area contributed by atoms with Gasteiger partial charge in [-0.15, -0.1) is 24.0 Å². The van der Waals surface area contributed by atoms with Gasteiger partial charge in [0, 0.05) is 26.1 Å². The van der Waals surface area contributed by atoms with Crippen LogP contribution in [0.25, 0.3) is 0 Å². The van der Waals surface area contributed by atoms with Gasteiger partial charge in [0.1, 0.15) is 12.2 Å². The first-order valence-electron chi connectivity index (χ1n) is 8.08. The fraction of sp³-hybridized carbons (Fsp3) is 0.471. The zero-order chi connectivity index (χ0) is 19.4. The molecule has 0 bridgehead atoms. The summed E-state index contributed by atoms with van der Waals surface area (Å²) in [6.45, 7) is 4.60. The van der Waals surface area contributed by atoms with Crippen LogP contribution < -0.4 is 10.6 Å². The second kappa shape index (κ2) is 9.38. The third kappa shape index (κ3) is 6.36. The van der Waals surface area contributed by atoms with Crippen LogP contribution in [0.1, 0.15) is 30.8 Å². The lowest BCUT2D eigenvalue weighted by molar-refractivity contribution is -0.137. The number of halogens is 4. The Morgan fingerprint density at radius 3 is 2.41 bits per heavy atom. The van der Waals surface area contributed by atoms with Crippen LogP contribution in [0, 0.1) is 0 Å². The molecular weight excluding hydrogens is 472 g/mol. The first kappa shape index (κ1) is 23.2. The van der Waals surface area contributed by atoms with E-state index in [-0.39, 0.29) is 24.0 Å². The van der Waals surface area contributed by atoms with Gasteiger partial charge in [-0.3, -0.25) is 9.67 Å². The van der Waals surface area contributed by atoms with E-state index in [0.29, 0.717) is 24.6 Å². The third-order valence-corrected chi connectivity index (χ3v) is 4.11. The number of aliphatic imine (C=N–C) groups is 1. The highest BCUT2D eigenvalue weighted by molar-refractivity contribution is 14.0. The van der Waals surface area contributed by atoms with Crippen molar-refractivity contribution >= 4 is 29.9 Å². The Kier molecular flexibility index (Phi) is 8.05. The molecule has 0 amide bonds. The predicted octanol–water partition coefficient (Wildman–Crippen LogP) is 3.09. The third-order valence-electron chi connectivity index (χ3n) is 4.11. The first-order valence-corrected chi connectivity index (χ1v) is 8.08. The number of hydrogen-bond donors (Lipinski definition) is 2. The fourth-order valence-electron chi connectivity index (χ4n) is 2.39. The van der Waals surface area contributed by atoms with Gasteiger partial charge < -0.3 is 10.6 Å². The summed E-state index contributed by atoms with van der Waals surface area (Å²) >= 11 is 0. The molecule has 10 heteroatoms. The van der Waals surface area contributed by atoms with E-state index in [9.17, 15) is 13.2 Å². The van der Waals surface area contributed by atoms with Crippen LogP contribution in [0.2, 0.25) is 0 Å². The fourth-order valence-corrected chi connectivity index (χ4v) is 2.39. The summed E-state index contributed by atoms with van der Waals surface area (Å²) in [7, 11) is 3.42. The van der Waals surface area contributed by atoms with Gasteiger partial charge in [-0.2, -0.15) is 18.3 Å². The monoisotopic (exact) mass is 496 g/mol. The molecule has 0 saturated heterocycles. The SMILES string of the molecule is CN=C(NCc1ncnn1C)NCC(C)(C)c1cccc(C(F)(F)F)c1.I. The lowest BCUT2D eigenvalue weighted by Gasteiger charge is -2.27. The Morgan fingerprint density at radius 1 is 1.19 bits per heavy atom. The summed E-state index contributed by atoms with van der Waals surface area (Å²) in [4.78, 5) is 8.24. The molecule has 6 nitrogen and oxygen atoms in total. The van der Waals surface area contributed by atoms with E-state index in [0.717, 1.165) is 11.9 Å². The van der Waals surface area contributed by atoms with E-state index < -0.39 is 17.2 Å². The van der Waals surface area contributed by atoms with Crippen molar-refractivity contribution in [2.24, 2.45) is 12.0 Å². The molecule has 1 aromatic heterocycles. The molecule has 0 aliphatic rings. The standard InChI is InChI=1S/C17H23F3N6.HI/c1-16(2,12-6-5-7-13(8-12)17(18,19)20)10-23-15(21-3)22-9-14-24-11-25-26(14)4;/h5-8,11H,9-10H2,1-4H3,(H2,21,22,23);1H. The van der Waals surface area contributed by atoms with E-state index in [4.69, 9.17) is 0 Å². The van der Waals surface area contributed by atoms with Gasteiger partial charge in [0.15, 0.2) is 5.96 Å². The minimum atomic E-state index is -4.35. The average molecular weight is 496 g/mol. The second-order valence-electron chi connectivity index (χ2n) is 6.54. The predicted molar refractivity (Wildman–Crippen MR) is 109 cm³/mol. The molecule has 0 aliphatic heterocycles.